The van der Waals surface area contributed by atoms with Crippen LogP contribution in [-0.4, -0.2) is 30.7 Å². The van der Waals surface area contributed by atoms with Gasteiger partial charge in [-0.2, -0.15) is 12.8 Å². The average Bonchev–Trinajstić information content (AvgIpc) is 2.57. The van der Waals surface area contributed by atoms with Crippen molar-refractivity contribution < 1.29 is 13.2 Å². The first-order valence-electron chi connectivity index (χ1n) is 6.73. The van der Waals surface area contributed by atoms with E-state index in [1.54, 1.807) is 42.5 Å². The zero-order chi connectivity index (χ0) is 16.6. The van der Waals surface area contributed by atoms with Crippen molar-refractivity contribution in [1.29, 1.82) is 0 Å². The van der Waals surface area contributed by atoms with Gasteiger partial charge in [-0.25, -0.2) is 0 Å². The van der Waals surface area contributed by atoms with Gasteiger partial charge in [0.2, 0.25) is 0 Å². The number of carbonyl (C=O) groups excluding carboxylic acids is 1. The van der Waals surface area contributed by atoms with Gasteiger partial charge in [0, 0.05) is 11.1 Å². The zero-order valence-electron chi connectivity index (χ0n) is 11.7. The molecule has 0 heterocycles. The number of benzene rings is 2. The van der Waals surface area contributed by atoms with Crippen LogP contribution in [0.2, 0.25) is 0 Å². The van der Waals surface area contributed by atoms with Crippen LogP contribution in [0, 0.1) is 0 Å². The third-order valence-corrected chi connectivity index (χ3v) is 5.84. The molecule has 0 aliphatic heterocycles. The summed E-state index contributed by atoms with van der Waals surface area (Å²) in [6.07, 6.45) is 0. The average molecular weight is 368 g/mol. The molecule has 1 aliphatic carbocycles. The summed E-state index contributed by atoms with van der Waals surface area (Å²) in [5.74, 6) is -0.335. The van der Waals surface area contributed by atoms with Gasteiger partial charge in [-0.05, 0) is 12.1 Å². The Morgan fingerprint density at radius 1 is 0.826 bits per heavy atom. The Morgan fingerprint density at radius 3 is 2.04 bits per heavy atom. The minimum Gasteiger partial charge on any atom is -0.292 e. The molecule has 0 amide bonds. The first-order valence-corrected chi connectivity index (χ1v) is 9.05. The van der Waals surface area contributed by atoms with Gasteiger partial charge < -0.3 is 0 Å². The molecule has 4 nitrogen and oxygen atoms in total. The smallest absolute Gasteiger partial charge is 0.282 e. The maximum absolute atomic E-state index is 12.5. The Balaban J connectivity index is 2.19. The van der Waals surface area contributed by atoms with Crippen LogP contribution < -0.4 is 0 Å². The van der Waals surface area contributed by atoms with Gasteiger partial charge in [0.05, 0.1) is 10.6 Å². The lowest BCUT2D eigenvalue weighted by Gasteiger charge is -2.25. The molecule has 2 aromatic rings. The van der Waals surface area contributed by atoms with Crippen LogP contribution in [0.5, 0.6) is 0 Å². The van der Waals surface area contributed by atoms with Crippen LogP contribution in [0.4, 0.5) is 0 Å². The predicted octanol–water partition coefficient (Wildman–Crippen LogP) is 3.28. The van der Waals surface area contributed by atoms with Crippen molar-refractivity contribution in [2.24, 2.45) is 4.40 Å². The number of nitrogens with zero attached hydrogens (tertiary/aromatic N) is 1. The SMILES string of the molecule is O=C1c2ccccc2C(=NS(=O)(=O)c2ccccc2)C(Cl)C1Cl. The van der Waals surface area contributed by atoms with Crippen LogP contribution in [0.25, 0.3) is 0 Å². The molecule has 0 saturated carbocycles. The molecular weight excluding hydrogens is 357 g/mol. The minimum absolute atomic E-state index is 0.0527. The third-order valence-electron chi connectivity index (χ3n) is 3.50. The second kappa shape index (κ2) is 6.07. The number of sulfonamides is 1. The Bertz CT molecular complexity index is 895. The van der Waals surface area contributed by atoms with Crippen molar-refractivity contribution in [2.45, 2.75) is 15.6 Å². The van der Waals surface area contributed by atoms with E-state index in [-0.39, 0.29) is 16.4 Å². The van der Waals surface area contributed by atoms with Crippen LogP contribution in [-0.2, 0) is 10.0 Å². The highest BCUT2D eigenvalue weighted by atomic mass is 35.5. The summed E-state index contributed by atoms with van der Waals surface area (Å²) >= 11 is 12.3. The highest BCUT2D eigenvalue weighted by molar-refractivity contribution is 7.90. The number of halogens is 2. The number of hydrogen-bond donors (Lipinski definition) is 0. The number of carbonyl (C=O) groups is 1. The van der Waals surface area contributed by atoms with Crippen LogP contribution in [0.1, 0.15) is 15.9 Å². The van der Waals surface area contributed by atoms with Gasteiger partial charge in [-0.1, -0.05) is 42.5 Å². The predicted molar refractivity (Wildman–Crippen MR) is 90.2 cm³/mol. The van der Waals surface area contributed by atoms with E-state index in [1.165, 1.54) is 12.1 Å². The highest BCUT2D eigenvalue weighted by Gasteiger charge is 2.38. The number of hydrogen-bond acceptors (Lipinski definition) is 3. The van der Waals surface area contributed by atoms with Crippen molar-refractivity contribution in [2.75, 3.05) is 0 Å². The monoisotopic (exact) mass is 367 g/mol. The molecule has 0 fully saturated rings. The van der Waals surface area contributed by atoms with Crippen LogP contribution in [0.15, 0.2) is 63.9 Å². The molecule has 118 valence electrons. The van der Waals surface area contributed by atoms with Crippen LogP contribution >= 0.6 is 23.2 Å². The lowest BCUT2D eigenvalue weighted by Crippen LogP contribution is -2.39. The standard InChI is InChI=1S/C16H11Cl2NO3S/c17-13-14(18)16(20)12-9-5-4-8-11(12)15(13)19-23(21,22)10-6-2-1-3-7-10/h1-9,13-14H. The van der Waals surface area contributed by atoms with E-state index in [9.17, 15) is 13.2 Å². The maximum atomic E-state index is 12.5. The molecule has 0 saturated heterocycles. The molecule has 2 aromatic carbocycles. The summed E-state index contributed by atoms with van der Waals surface area (Å²) in [6, 6.07) is 14.4. The molecule has 0 radical (unpaired) electrons. The lowest BCUT2D eigenvalue weighted by molar-refractivity contribution is 0.0987. The first-order chi connectivity index (χ1) is 10.9. The molecule has 0 aromatic heterocycles. The normalized spacial score (nSPS) is 22.9. The fraction of sp³-hybridized carbons (Fsp3) is 0.125. The lowest BCUT2D eigenvalue weighted by atomic mass is 9.88. The Kier molecular flexibility index (Phi) is 4.27. The van der Waals surface area contributed by atoms with E-state index in [4.69, 9.17) is 23.2 Å². The fourth-order valence-electron chi connectivity index (χ4n) is 2.36. The minimum atomic E-state index is -3.94. The van der Waals surface area contributed by atoms with E-state index in [0.29, 0.717) is 11.1 Å². The molecule has 2 unspecified atom stereocenters. The van der Waals surface area contributed by atoms with Gasteiger partial charge in [0.15, 0.2) is 5.78 Å². The Hall–Kier alpha value is -1.69. The number of Topliss-reactive ketones (excluding diaryl/α,β-unsaturated/α-hetero) is 1. The van der Waals surface area contributed by atoms with Crippen molar-refractivity contribution in [3.63, 3.8) is 0 Å². The largest absolute Gasteiger partial charge is 0.292 e. The van der Waals surface area contributed by atoms with Gasteiger partial charge in [0.1, 0.15) is 10.8 Å². The molecule has 23 heavy (non-hydrogen) atoms. The molecule has 1 aliphatic rings. The molecule has 0 N–H and O–H groups in total. The van der Waals surface area contributed by atoms with Crippen molar-refractivity contribution >= 4 is 44.7 Å². The van der Waals surface area contributed by atoms with E-state index < -0.39 is 20.8 Å². The Labute approximate surface area is 143 Å². The highest BCUT2D eigenvalue weighted by Crippen LogP contribution is 2.30. The number of ketones is 1. The Morgan fingerprint density at radius 2 is 1.39 bits per heavy atom. The molecule has 2 atom stereocenters. The van der Waals surface area contributed by atoms with Gasteiger partial charge in [0.25, 0.3) is 10.0 Å². The quantitative estimate of drug-likeness (QED) is 0.765. The summed E-state index contributed by atoms with van der Waals surface area (Å²) in [4.78, 5) is 12.2. The van der Waals surface area contributed by atoms with E-state index in [2.05, 4.69) is 4.40 Å². The summed E-state index contributed by atoms with van der Waals surface area (Å²) in [5.41, 5.74) is 0.811. The molecule has 7 heteroatoms. The summed E-state index contributed by atoms with van der Waals surface area (Å²) in [5, 5.41) is -2.08. The summed E-state index contributed by atoms with van der Waals surface area (Å²) < 4.78 is 28.8. The van der Waals surface area contributed by atoms with Crippen molar-refractivity contribution in [3.05, 3.63) is 65.7 Å². The van der Waals surface area contributed by atoms with Gasteiger partial charge in [-0.15, -0.1) is 23.2 Å². The second-order valence-corrected chi connectivity index (χ2v) is 7.52. The second-order valence-electron chi connectivity index (χ2n) is 4.98. The fourth-order valence-corrected chi connectivity index (χ4v) is 4.02. The van der Waals surface area contributed by atoms with Gasteiger partial charge >= 0.3 is 0 Å². The number of rotatable bonds is 2. The summed E-state index contributed by atoms with van der Waals surface area (Å²) in [6.45, 7) is 0. The van der Waals surface area contributed by atoms with Crippen molar-refractivity contribution in [1.82, 2.24) is 0 Å². The first kappa shape index (κ1) is 16.2. The maximum Gasteiger partial charge on any atom is 0.282 e. The number of fused-ring (bicyclic) bond motifs is 1. The molecular formula is C16H11Cl2NO3S. The van der Waals surface area contributed by atoms with E-state index in [0.717, 1.165) is 0 Å². The summed E-state index contributed by atoms with van der Waals surface area (Å²) in [7, 11) is -3.94. The topological polar surface area (TPSA) is 63.6 Å². The molecule has 0 spiro atoms. The van der Waals surface area contributed by atoms with Gasteiger partial charge in [-0.3, -0.25) is 4.79 Å². The van der Waals surface area contributed by atoms with E-state index in [1.807, 2.05) is 0 Å². The van der Waals surface area contributed by atoms with E-state index >= 15 is 0 Å². The van der Waals surface area contributed by atoms with Crippen molar-refractivity contribution in [3.8, 4) is 0 Å². The third kappa shape index (κ3) is 2.92. The molecule has 0 bridgehead atoms. The molecule has 3 rings (SSSR count). The number of alkyl halides is 2. The van der Waals surface area contributed by atoms with Crippen LogP contribution in [0.3, 0.4) is 0 Å². The zero-order valence-corrected chi connectivity index (χ0v) is 14.0.